The molecule has 0 spiro atoms. The molecular formula is C15H15ClN2O2S. The number of halogens is 1. The highest BCUT2D eigenvalue weighted by atomic mass is 35.5. The van der Waals surface area contributed by atoms with E-state index in [9.17, 15) is 4.79 Å². The van der Waals surface area contributed by atoms with Gasteiger partial charge in [0.15, 0.2) is 0 Å². The molecule has 0 saturated carbocycles. The van der Waals surface area contributed by atoms with E-state index in [1.807, 2.05) is 0 Å². The SMILES string of the molecule is C=c1ccc(Cl)c2c1=NC(CSC1CCOCC1)=NC2=O. The van der Waals surface area contributed by atoms with Crippen molar-refractivity contribution in [3.63, 3.8) is 0 Å². The Morgan fingerprint density at radius 1 is 1.33 bits per heavy atom. The summed E-state index contributed by atoms with van der Waals surface area (Å²) in [6.07, 6.45) is 2.07. The molecule has 21 heavy (non-hydrogen) atoms. The summed E-state index contributed by atoms with van der Waals surface area (Å²) in [5.41, 5.74) is 0.365. The molecule has 0 bridgehead atoms. The van der Waals surface area contributed by atoms with E-state index in [-0.39, 0.29) is 5.91 Å². The van der Waals surface area contributed by atoms with Crippen LogP contribution in [-0.2, 0) is 4.74 Å². The lowest BCUT2D eigenvalue weighted by Gasteiger charge is -2.21. The molecule has 2 aliphatic heterocycles. The number of carbonyl (C=O) groups is 1. The molecule has 2 aliphatic rings. The summed E-state index contributed by atoms with van der Waals surface area (Å²) in [4.78, 5) is 20.7. The number of amides is 1. The predicted octanol–water partition coefficient (Wildman–Crippen LogP) is 1.83. The van der Waals surface area contributed by atoms with Crippen LogP contribution in [0.2, 0.25) is 5.02 Å². The zero-order valence-corrected chi connectivity index (χ0v) is 13.0. The van der Waals surface area contributed by atoms with Gasteiger partial charge in [0.05, 0.1) is 21.7 Å². The minimum absolute atomic E-state index is 0.321. The maximum atomic E-state index is 12.1. The molecule has 0 aromatic heterocycles. The number of hydrogen-bond acceptors (Lipinski definition) is 4. The fourth-order valence-corrected chi connectivity index (χ4v) is 3.64. The molecule has 1 aromatic rings. The van der Waals surface area contributed by atoms with Gasteiger partial charge in [0.1, 0.15) is 5.84 Å². The molecule has 2 heterocycles. The summed E-state index contributed by atoms with van der Waals surface area (Å²) in [5.74, 6) is 0.858. The average molecular weight is 323 g/mol. The molecule has 0 radical (unpaired) electrons. The fraction of sp³-hybridized carbons (Fsp3) is 0.400. The van der Waals surface area contributed by atoms with Crippen LogP contribution in [0.25, 0.3) is 6.58 Å². The van der Waals surface area contributed by atoms with Crippen molar-refractivity contribution in [2.75, 3.05) is 19.0 Å². The van der Waals surface area contributed by atoms with Crippen LogP contribution in [0.15, 0.2) is 22.1 Å². The fourth-order valence-electron chi connectivity index (χ4n) is 2.37. The van der Waals surface area contributed by atoms with Crippen molar-refractivity contribution in [2.45, 2.75) is 18.1 Å². The highest BCUT2D eigenvalue weighted by Crippen LogP contribution is 2.23. The summed E-state index contributed by atoms with van der Waals surface area (Å²) in [5, 5.41) is 2.19. The van der Waals surface area contributed by atoms with Gasteiger partial charge in [0, 0.05) is 18.5 Å². The van der Waals surface area contributed by atoms with E-state index in [1.165, 1.54) is 0 Å². The summed E-state index contributed by atoms with van der Waals surface area (Å²) < 4.78 is 5.34. The first-order valence-electron chi connectivity index (χ1n) is 6.82. The van der Waals surface area contributed by atoms with Crippen molar-refractivity contribution in [3.8, 4) is 0 Å². The van der Waals surface area contributed by atoms with E-state index in [0.717, 1.165) is 26.1 Å². The number of benzene rings is 1. The number of rotatable bonds is 3. The van der Waals surface area contributed by atoms with Gasteiger partial charge < -0.3 is 4.74 Å². The topological polar surface area (TPSA) is 51.0 Å². The Hall–Kier alpha value is -1.17. The number of hydrogen-bond donors (Lipinski definition) is 0. The van der Waals surface area contributed by atoms with Crippen LogP contribution in [0.4, 0.5) is 0 Å². The van der Waals surface area contributed by atoms with Gasteiger partial charge in [-0.15, -0.1) is 0 Å². The summed E-state index contributed by atoms with van der Waals surface area (Å²) >= 11 is 7.84. The summed E-state index contributed by atoms with van der Waals surface area (Å²) in [7, 11) is 0. The van der Waals surface area contributed by atoms with Crippen LogP contribution >= 0.6 is 23.4 Å². The molecular weight excluding hydrogens is 308 g/mol. The van der Waals surface area contributed by atoms with Crippen LogP contribution in [0, 0.1) is 0 Å². The van der Waals surface area contributed by atoms with E-state index < -0.39 is 0 Å². The minimum Gasteiger partial charge on any atom is -0.381 e. The largest absolute Gasteiger partial charge is 0.381 e. The third-order valence-corrected chi connectivity index (χ3v) is 5.20. The van der Waals surface area contributed by atoms with Crippen molar-refractivity contribution < 1.29 is 9.53 Å². The summed E-state index contributed by atoms with van der Waals surface area (Å²) in [6.45, 7) is 5.53. The van der Waals surface area contributed by atoms with E-state index in [1.54, 1.807) is 23.9 Å². The number of carbonyl (C=O) groups excluding carboxylic acids is 1. The second-order valence-electron chi connectivity index (χ2n) is 5.00. The number of fused-ring (bicyclic) bond motifs is 1. The highest BCUT2D eigenvalue weighted by Gasteiger charge is 2.20. The number of aliphatic imine (C=N–C) groups is 1. The Kier molecular flexibility index (Phi) is 4.42. The Bertz CT molecular complexity index is 711. The van der Waals surface area contributed by atoms with Gasteiger partial charge in [-0.05, 0) is 24.1 Å². The van der Waals surface area contributed by atoms with Gasteiger partial charge in [-0.3, -0.25) is 4.79 Å². The number of nitrogens with zero attached hydrogens (tertiary/aromatic N) is 2. The predicted molar refractivity (Wildman–Crippen MR) is 85.8 cm³/mol. The smallest absolute Gasteiger partial charge is 0.282 e. The number of ether oxygens (including phenoxy) is 1. The first-order valence-corrected chi connectivity index (χ1v) is 8.25. The van der Waals surface area contributed by atoms with Crippen molar-refractivity contribution in [1.29, 1.82) is 0 Å². The Labute approximate surface area is 132 Å². The normalized spacial score (nSPS) is 18.9. The summed E-state index contributed by atoms with van der Waals surface area (Å²) in [6, 6.07) is 3.43. The molecule has 0 unspecified atom stereocenters. The first-order chi connectivity index (χ1) is 10.1. The van der Waals surface area contributed by atoms with Gasteiger partial charge in [0.2, 0.25) is 0 Å². The lowest BCUT2D eigenvalue weighted by Crippen LogP contribution is -2.35. The molecule has 4 nitrogen and oxygen atoms in total. The molecule has 0 N–H and O–H groups in total. The van der Waals surface area contributed by atoms with E-state index in [2.05, 4.69) is 16.6 Å². The molecule has 1 fully saturated rings. The second-order valence-corrected chi connectivity index (χ2v) is 6.69. The van der Waals surface area contributed by atoms with Crippen LogP contribution in [-0.4, -0.2) is 36.0 Å². The third-order valence-electron chi connectivity index (χ3n) is 3.51. The zero-order chi connectivity index (χ0) is 14.8. The Morgan fingerprint density at radius 3 is 2.86 bits per heavy atom. The molecule has 1 saturated heterocycles. The van der Waals surface area contributed by atoms with Crippen molar-refractivity contribution in [2.24, 2.45) is 9.98 Å². The van der Waals surface area contributed by atoms with Crippen LogP contribution in [0.3, 0.4) is 0 Å². The van der Waals surface area contributed by atoms with Gasteiger partial charge in [-0.1, -0.05) is 24.2 Å². The molecule has 1 aromatic carbocycles. The van der Waals surface area contributed by atoms with E-state index >= 15 is 0 Å². The second kappa shape index (κ2) is 6.30. The van der Waals surface area contributed by atoms with Gasteiger partial charge in [-0.25, -0.2) is 4.99 Å². The van der Waals surface area contributed by atoms with E-state index in [4.69, 9.17) is 16.3 Å². The number of amidine groups is 1. The third kappa shape index (κ3) is 3.20. The molecule has 6 heteroatoms. The molecule has 1 amide bonds. The van der Waals surface area contributed by atoms with Crippen molar-refractivity contribution >= 4 is 41.7 Å². The van der Waals surface area contributed by atoms with Crippen molar-refractivity contribution in [1.82, 2.24) is 0 Å². The Morgan fingerprint density at radius 2 is 2.10 bits per heavy atom. The standard InChI is InChI=1S/C15H15ClN2O2S/c1-9-2-3-11(16)13-14(9)17-12(18-15(13)19)8-21-10-4-6-20-7-5-10/h2-3,10H,1,4-8H2. The highest BCUT2D eigenvalue weighted by molar-refractivity contribution is 8.00. The monoisotopic (exact) mass is 322 g/mol. The lowest BCUT2D eigenvalue weighted by molar-refractivity contribution is 0.0996. The van der Waals surface area contributed by atoms with Gasteiger partial charge in [-0.2, -0.15) is 16.8 Å². The van der Waals surface area contributed by atoms with Gasteiger partial charge >= 0.3 is 0 Å². The maximum absolute atomic E-state index is 12.1. The van der Waals surface area contributed by atoms with E-state index in [0.29, 0.717) is 38.0 Å². The quantitative estimate of drug-likeness (QED) is 0.853. The molecule has 110 valence electrons. The lowest BCUT2D eigenvalue weighted by atomic mass is 10.1. The first kappa shape index (κ1) is 14.8. The Balaban J connectivity index is 1.82. The minimum atomic E-state index is -0.321. The zero-order valence-electron chi connectivity index (χ0n) is 11.5. The molecule has 0 aliphatic carbocycles. The molecule has 0 atom stereocenters. The van der Waals surface area contributed by atoms with Crippen LogP contribution < -0.4 is 10.6 Å². The molecule has 3 rings (SSSR count). The maximum Gasteiger partial charge on any atom is 0.282 e. The van der Waals surface area contributed by atoms with Gasteiger partial charge in [0.25, 0.3) is 5.91 Å². The average Bonchev–Trinajstić information content (AvgIpc) is 2.50. The van der Waals surface area contributed by atoms with Crippen molar-refractivity contribution in [3.05, 3.63) is 33.3 Å². The number of thioether (sulfide) groups is 1. The van der Waals surface area contributed by atoms with Crippen LogP contribution in [0.5, 0.6) is 0 Å². The van der Waals surface area contributed by atoms with Crippen LogP contribution in [0.1, 0.15) is 23.2 Å².